The minimum absolute atomic E-state index is 0.0526. The molecule has 1 N–H and O–H groups in total. The van der Waals surface area contributed by atoms with Crippen LogP contribution < -0.4 is 5.32 Å². The summed E-state index contributed by atoms with van der Waals surface area (Å²) in [6.07, 6.45) is -4.49. The van der Waals surface area contributed by atoms with Gasteiger partial charge >= 0.3 is 12.1 Å². The minimum atomic E-state index is -4.49. The van der Waals surface area contributed by atoms with Gasteiger partial charge in [0.05, 0.1) is 18.1 Å². The number of methoxy groups -OCH3 is 1. The first-order valence-electron chi connectivity index (χ1n) is 5.07. The van der Waals surface area contributed by atoms with Crippen molar-refractivity contribution in [2.45, 2.75) is 12.2 Å². The number of carbonyl (C=O) groups excluding carboxylic acids is 1. The van der Waals surface area contributed by atoms with Crippen LogP contribution in [0.2, 0.25) is 0 Å². The van der Waals surface area contributed by atoms with Gasteiger partial charge in [0, 0.05) is 0 Å². The Balaban J connectivity index is 2.96. The highest BCUT2D eigenvalue weighted by Crippen LogP contribution is 2.23. The molecule has 1 aromatic carbocycles. The van der Waals surface area contributed by atoms with Crippen molar-refractivity contribution in [3.63, 3.8) is 0 Å². The van der Waals surface area contributed by atoms with Crippen molar-refractivity contribution in [2.75, 3.05) is 13.7 Å². The van der Waals surface area contributed by atoms with Crippen LogP contribution in [0.4, 0.5) is 17.6 Å². The van der Waals surface area contributed by atoms with Crippen LogP contribution >= 0.6 is 15.9 Å². The third kappa shape index (κ3) is 4.79. The van der Waals surface area contributed by atoms with E-state index >= 15 is 0 Å². The SMILES string of the molecule is COC(=O)C(NCC(F)(F)F)c1ccc(Br)c(F)c1. The highest BCUT2D eigenvalue weighted by atomic mass is 79.9. The van der Waals surface area contributed by atoms with E-state index in [0.717, 1.165) is 13.2 Å². The van der Waals surface area contributed by atoms with Crippen LogP contribution in [-0.4, -0.2) is 25.8 Å². The van der Waals surface area contributed by atoms with Gasteiger partial charge in [-0.15, -0.1) is 0 Å². The zero-order valence-electron chi connectivity index (χ0n) is 9.72. The molecular formula is C11H10BrF4NO2. The van der Waals surface area contributed by atoms with E-state index in [1.54, 1.807) is 0 Å². The molecule has 0 aromatic heterocycles. The number of alkyl halides is 3. The summed E-state index contributed by atoms with van der Waals surface area (Å²) in [7, 11) is 1.04. The molecule has 8 heteroatoms. The summed E-state index contributed by atoms with van der Waals surface area (Å²) >= 11 is 2.91. The average molecular weight is 344 g/mol. The monoisotopic (exact) mass is 343 g/mol. The van der Waals surface area contributed by atoms with Gasteiger partial charge < -0.3 is 4.74 Å². The number of halogens is 5. The predicted octanol–water partition coefficient (Wildman–Crippen LogP) is 2.95. The first-order valence-corrected chi connectivity index (χ1v) is 5.87. The van der Waals surface area contributed by atoms with Gasteiger partial charge in [0.1, 0.15) is 11.9 Å². The molecule has 1 atom stereocenters. The number of nitrogens with one attached hydrogen (secondary N) is 1. The second kappa shape index (κ2) is 6.33. The Hall–Kier alpha value is -1.15. The van der Waals surface area contributed by atoms with Crippen LogP contribution in [0.3, 0.4) is 0 Å². The number of benzene rings is 1. The molecule has 0 spiro atoms. The molecule has 0 bridgehead atoms. The summed E-state index contributed by atoms with van der Waals surface area (Å²) in [5.74, 6) is -1.61. The number of rotatable bonds is 4. The van der Waals surface area contributed by atoms with Crippen LogP contribution in [0, 0.1) is 5.82 Å². The van der Waals surface area contributed by atoms with Crippen LogP contribution in [0.25, 0.3) is 0 Å². The quantitative estimate of drug-likeness (QED) is 0.674. The predicted molar refractivity (Wildman–Crippen MR) is 62.9 cm³/mol. The van der Waals surface area contributed by atoms with E-state index in [9.17, 15) is 22.4 Å². The van der Waals surface area contributed by atoms with Crippen LogP contribution in [-0.2, 0) is 9.53 Å². The van der Waals surface area contributed by atoms with Crippen molar-refractivity contribution < 1.29 is 27.1 Å². The molecule has 0 saturated heterocycles. The fourth-order valence-electron chi connectivity index (χ4n) is 1.36. The maximum absolute atomic E-state index is 13.3. The molecule has 106 valence electrons. The van der Waals surface area contributed by atoms with Crippen molar-refractivity contribution in [1.29, 1.82) is 0 Å². The van der Waals surface area contributed by atoms with Crippen molar-refractivity contribution >= 4 is 21.9 Å². The Morgan fingerprint density at radius 3 is 2.58 bits per heavy atom. The third-order valence-electron chi connectivity index (χ3n) is 2.22. The summed E-state index contributed by atoms with van der Waals surface area (Å²) < 4.78 is 54.3. The molecular weight excluding hydrogens is 334 g/mol. The van der Waals surface area contributed by atoms with Crippen molar-refractivity contribution in [2.24, 2.45) is 0 Å². The van der Waals surface area contributed by atoms with E-state index in [4.69, 9.17) is 0 Å². The number of hydrogen-bond donors (Lipinski definition) is 1. The fourth-order valence-corrected chi connectivity index (χ4v) is 1.61. The maximum Gasteiger partial charge on any atom is 0.401 e. The molecule has 1 aromatic rings. The van der Waals surface area contributed by atoms with Gasteiger partial charge in [0.2, 0.25) is 0 Å². The topological polar surface area (TPSA) is 38.3 Å². The highest BCUT2D eigenvalue weighted by molar-refractivity contribution is 9.10. The lowest BCUT2D eigenvalue weighted by Crippen LogP contribution is -2.36. The van der Waals surface area contributed by atoms with Gasteiger partial charge in [-0.2, -0.15) is 13.2 Å². The van der Waals surface area contributed by atoms with Crippen molar-refractivity contribution in [1.82, 2.24) is 5.32 Å². The molecule has 0 aliphatic rings. The molecule has 0 heterocycles. The van der Waals surface area contributed by atoms with Crippen molar-refractivity contribution in [3.8, 4) is 0 Å². The van der Waals surface area contributed by atoms with Gasteiger partial charge in [-0.05, 0) is 33.6 Å². The lowest BCUT2D eigenvalue weighted by Gasteiger charge is -2.18. The zero-order chi connectivity index (χ0) is 14.6. The van der Waals surface area contributed by atoms with E-state index in [2.05, 4.69) is 20.7 Å². The second-order valence-electron chi connectivity index (χ2n) is 3.63. The molecule has 3 nitrogen and oxygen atoms in total. The fraction of sp³-hybridized carbons (Fsp3) is 0.364. The van der Waals surface area contributed by atoms with Gasteiger partial charge in [0.25, 0.3) is 0 Å². The molecule has 0 aliphatic heterocycles. The number of ether oxygens (including phenoxy) is 1. The Morgan fingerprint density at radius 1 is 1.47 bits per heavy atom. The van der Waals surface area contributed by atoms with E-state index in [1.165, 1.54) is 12.1 Å². The molecule has 0 aliphatic carbocycles. The molecule has 1 unspecified atom stereocenters. The van der Waals surface area contributed by atoms with Crippen LogP contribution in [0.5, 0.6) is 0 Å². The lowest BCUT2D eigenvalue weighted by molar-refractivity contribution is -0.146. The molecule has 0 radical (unpaired) electrons. The first-order chi connectivity index (χ1) is 8.74. The maximum atomic E-state index is 13.3. The van der Waals surface area contributed by atoms with Gasteiger partial charge in [-0.25, -0.2) is 9.18 Å². The smallest absolute Gasteiger partial charge is 0.401 e. The standard InChI is InChI=1S/C11H10BrF4NO2/c1-19-10(18)9(17-5-11(14,15)16)6-2-3-7(12)8(13)4-6/h2-4,9,17H,5H2,1H3. The molecule has 1 rings (SSSR count). The van der Waals surface area contributed by atoms with E-state index in [-0.39, 0.29) is 10.0 Å². The van der Waals surface area contributed by atoms with Crippen LogP contribution in [0.1, 0.15) is 11.6 Å². The first kappa shape index (κ1) is 15.9. The molecule has 19 heavy (non-hydrogen) atoms. The van der Waals surface area contributed by atoms with E-state index < -0.39 is 30.5 Å². The number of hydrogen-bond acceptors (Lipinski definition) is 3. The van der Waals surface area contributed by atoms with E-state index in [1.807, 2.05) is 5.32 Å². The molecule has 0 saturated carbocycles. The average Bonchev–Trinajstić information content (AvgIpc) is 2.32. The zero-order valence-corrected chi connectivity index (χ0v) is 11.3. The highest BCUT2D eigenvalue weighted by Gasteiger charge is 2.31. The molecule has 0 amide bonds. The number of carbonyl (C=O) groups is 1. The summed E-state index contributed by atoms with van der Waals surface area (Å²) in [6.45, 7) is -1.38. The normalized spacial score (nSPS) is 13.2. The van der Waals surface area contributed by atoms with Gasteiger partial charge in [0.15, 0.2) is 0 Å². The Labute approximate surface area is 115 Å². The van der Waals surface area contributed by atoms with Gasteiger partial charge in [-0.1, -0.05) is 6.07 Å². The second-order valence-corrected chi connectivity index (χ2v) is 4.48. The van der Waals surface area contributed by atoms with E-state index in [0.29, 0.717) is 0 Å². The lowest BCUT2D eigenvalue weighted by atomic mass is 10.1. The summed E-state index contributed by atoms with van der Waals surface area (Å²) in [6, 6.07) is 2.22. The van der Waals surface area contributed by atoms with Crippen LogP contribution in [0.15, 0.2) is 22.7 Å². The summed E-state index contributed by atoms with van der Waals surface area (Å²) in [5, 5.41) is 1.99. The summed E-state index contributed by atoms with van der Waals surface area (Å²) in [5.41, 5.74) is 0.0526. The summed E-state index contributed by atoms with van der Waals surface area (Å²) in [4.78, 5) is 11.4. The van der Waals surface area contributed by atoms with Crippen molar-refractivity contribution in [3.05, 3.63) is 34.1 Å². The largest absolute Gasteiger partial charge is 0.468 e. The number of esters is 1. The minimum Gasteiger partial charge on any atom is -0.468 e. The molecule has 0 fully saturated rings. The Morgan fingerprint density at radius 2 is 2.11 bits per heavy atom. The Kier molecular flexibility index (Phi) is 5.30. The Bertz CT molecular complexity index is 464. The third-order valence-corrected chi connectivity index (χ3v) is 2.86. The van der Waals surface area contributed by atoms with Gasteiger partial charge in [-0.3, -0.25) is 5.32 Å².